The molecule has 0 spiro atoms. The van der Waals surface area contributed by atoms with Crippen LogP contribution >= 0.6 is 0 Å². The van der Waals surface area contributed by atoms with Crippen molar-refractivity contribution in [2.75, 3.05) is 6.54 Å². The molecule has 1 aliphatic rings. The van der Waals surface area contributed by atoms with Crippen molar-refractivity contribution < 1.29 is 0 Å². The summed E-state index contributed by atoms with van der Waals surface area (Å²) >= 11 is 0. The molecule has 1 unspecified atom stereocenters. The molecular weight excluding hydrogens is 200 g/mol. The fraction of sp³-hybridized carbons (Fsp3) is 0.833. The van der Waals surface area contributed by atoms with Gasteiger partial charge in [-0.15, -0.1) is 5.10 Å². The second-order valence-electron chi connectivity index (χ2n) is 4.81. The number of hydrogen-bond donors (Lipinski definition) is 1. The third-order valence-corrected chi connectivity index (χ3v) is 3.61. The van der Waals surface area contributed by atoms with Gasteiger partial charge in [0.25, 0.3) is 0 Å². The molecule has 4 heteroatoms. The Morgan fingerprint density at radius 2 is 2.25 bits per heavy atom. The van der Waals surface area contributed by atoms with E-state index in [2.05, 4.69) is 22.6 Å². The number of aryl methyl sites for hydroxylation is 1. The standard InChI is InChI=1S/C12H22N4/c1-11(12-5-2-3-6-12)13-7-4-9-16-10-8-14-15-16/h8,10-13H,2-7,9H2,1H3. The second kappa shape index (κ2) is 5.99. The highest BCUT2D eigenvalue weighted by atomic mass is 15.4. The highest BCUT2D eigenvalue weighted by molar-refractivity contribution is 4.77. The van der Waals surface area contributed by atoms with Crippen LogP contribution in [-0.4, -0.2) is 27.6 Å². The summed E-state index contributed by atoms with van der Waals surface area (Å²) in [6.07, 6.45) is 10.5. The van der Waals surface area contributed by atoms with E-state index in [0.717, 1.165) is 25.4 Å². The molecule has 0 amide bonds. The van der Waals surface area contributed by atoms with Gasteiger partial charge in [-0.25, -0.2) is 0 Å². The summed E-state index contributed by atoms with van der Waals surface area (Å²) in [5.74, 6) is 0.909. The molecule has 0 aromatic carbocycles. The highest BCUT2D eigenvalue weighted by Gasteiger charge is 2.20. The van der Waals surface area contributed by atoms with E-state index < -0.39 is 0 Å². The summed E-state index contributed by atoms with van der Waals surface area (Å²) in [5.41, 5.74) is 0. The SMILES string of the molecule is CC(NCCCn1ccnn1)C1CCCC1. The maximum Gasteiger partial charge on any atom is 0.0692 e. The largest absolute Gasteiger partial charge is 0.314 e. The van der Waals surface area contributed by atoms with Crippen LogP contribution in [0.1, 0.15) is 39.0 Å². The minimum absolute atomic E-state index is 0.679. The van der Waals surface area contributed by atoms with Crippen molar-refractivity contribution in [2.45, 2.75) is 51.6 Å². The van der Waals surface area contributed by atoms with Gasteiger partial charge in [0.15, 0.2) is 0 Å². The van der Waals surface area contributed by atoms with Gasteiger partial charge in [-0.1, -0.05) is 18.1 Å². The molecule has 90 valence electrons. The molecular formula is C12H22N4. The lowest BCUT2D eigenvalue weighted by molar-refractivity contribution is 0.374. The summed E-state index contributed by atoms with van der Waals surface area (Å²) in [6.45, 7) is 4.37. The molecule has 1 heterocycles. The van der Waals surface area contributed by atoms with Gasteiger partial charge in [-0.3, -0.25) is 4.68 Å². The van der Waals surface area contributed by atoms with Gasteiger partial charge in [0, 0.05) is 18.8 Å². The molecule has 0 saturated heterocycles. The Kier molecular flexibility index (Phi) is 4.34. The zero-order valence-electron chi connectivity index (χ0n) is 10.1. The average molecular weight is 222 g/mol. The smallest absolute Gasteiger partial charge is 0.0692 e. The Morgan fingerprint density at radius 1 is 1.44 bits per heavy atom. The fourth-order valence-corrected chi connectivity index (χ4v) is 2.55. The van der Waals surface area contributed by atoms with Crippen LogP contribution in [0, 0.1) is 5.92 Å². The van der Waals surface area contributed by atoms with E-state index in [1.807, 2.05) is 10.9 Å². The number of rotatable bonds is 6. The summed E-state index contributed by atoms with van der Waals surface area (Å²) in [5, 5.41) is 11.4. The molecule has 1 aromatic heterocycles. The maximum absolute atomic E-state index is 3.95. The van der Waals surface area contributed by atoms with Crippen LogP contribution in [0.4, 0.5) is 0 Å². The summed E-state index contributed by atoms with van der Waals surface area (Å²) in [4.78, 5) is 0. The van der Waals surface area contributed by atoms with E-state index in [0.29, 0.717) is 6.04 Å². The molecule has 0 aliphatic heterocycles. The van der Waals surface area contributed by atoms with Crippen molar-refractivity contribution in [3.05, 3.63) is 12.4 Å². The monoisotopic (exact) mass is 222 g/mol. The van der Waals surface area contributed by atoms with E-state index >= 15 is 0 Å². The lowest BCUT2D eigenvalue weighted by Gasteiger charge is -2.20. The number of hydrogen-bond acceptors (Lipinski definition) is 3. The van der Waals surface area contributed by atoms with Gasteiger partial charge >= 0.3 is 0 Å². The summed E-state index contributed by atoms with van der Waals surface area (Å²) in [6, 6.07) is 0.679. The molecule has 0 bridgehead atoms. The van der Waals surface area contributed by atoms with Crippen LogP contribution in [0.2, 0.25) is 0 Å². The van der Waals surface area contributed by atoms with Gasteiger partial charge in [0.2, 0.25) is 0 Å². The van der Waals surface area contributed by atoms with Gasteiger partial charge in [-0.2, -0.15) is 0 Å². The minimum atomic E-state index is 0.679. The molecule has 4 nitrogen and oxygen atoms in total. The molecule has 1 aromatic rings. The van der Waals surface area contributed by atoms with Gasteiger partial charge in [0.1, 0.15) is 0 Å². The highest BCUT2D eigenvalue weighted by Crippen LogP contribution is 2.27. The fourth-order valence-electron chi connectivity index (χ4n) is 2.55. The van der Waals surface area contributed by atoms with Crippen molar-refractivity contribution in [2.24, 2.45) is 5.92 Å². The van der Waals surface area contributed by atoms with E-state index in [1.54, 1.807) is 6.20 Å². The molecule has 1 fully saturated rings. The maximum atomic E-state index is 3.95. The third kappa shape index (κ3) is 3.30. The van der Waals surface area contributed by atoms with E-state index in [4.69, 9.17) is 0 Å². The Balaban J connectivity index is 1.57. The summed E-state index contributed by atoms with van der Waals surface area (Å²) < 4.78 is 1.89. The lowest BCUT2D eigenvalue weighted by Crippen LogP contribution is -2.33. The Morgan fingerprint density at radius 3 is 2.94 bits per heavy atom. The van der Waals surface area contributed by atoms with E-state index in [1.165, 1.54) is 25.7 Å². The van der Waals surface area contributed by atoms with Crippen LogP contribution in [0.5, 0.6) is 0 Å². The molecule has 2 rings (SSSR count). The third-order valence-electron chi connectivity index (χ3n) is 3.61. The van der Waals surface area contributed by atoms with Crippen LogP contribution < -0.4 is 5.32 Å². The minimum Gasteiger partial charge on any atom is -0.314 e. The van der Waals surface area contributed by atoms with Crippen LogP contribution in [0.15, 0.2) is 12.4 Å². The van der Waals surface area contributed by atoms with Crippen molar-refractivity contribution in [1.29, 1.82) is 0 Å². The average Bonchev–Trinajstić information content (AvgIpc) is 2.96. The first kappa shape index (κ1) is 11.6. The molecule has 0 radical (unpaired) electrons. The van der Waals surface area contributed by atoms with Crippen molar-refractivity contribution in [3.8, 4) is 0 Å². The quantitative estimate of drug-likeness (QED) is 0.747. The van der Waals surface area contributed by atoms with Gasteiger partial charge in [0.05, 0.1) is 6.20 Å². The zero-order chi connectivity index (χ0) is 11.2. The molecule has 16 heavy (non-hydrogen) atoms. The number of nitrogens with zero attached hydrogens (tertiary/aromatic N) is 3. The Bertz CT molecular complexity index is 277. The predicted octanol–water partition coefficient (Wildman–Crippen LogP) is 1.84. The lowest BCUT2D eigenvalue weighted by atomic mass is 10.00. The van der Waals surface area contributed by atoms with Gasteiger partial charge < -0.3 is 5.32 Å². The van der Waals surface area contributed by atoms with Crippen LogP contribution in [0.3, 0.4) is 0 Å². The molecule has 1 aliphatic carbocycles. The van der Waals surface area contributed by atoms with E-state index in [9.17, 15) is 0 Å². The normalized spacial score (nSPS) is 19.1. The zero-order valence-corrected chi connectivity index (χ0v) is 10.1. The van der Waals surface area contributed by atoms with Gasteiger partial charge in [-0.05, 0) is 38.6 Å². The van der Waals surface area contributed by atoms with Crippen molar-refractivity contribution in [3.63, 3.8) is 0 Å². The van der Waals surface area contributed by atoms with Crippen molar-refractivity contribution >= 4 is 0 Å². The Labute approximate surface area is 97.4 Å². The first-order valence-electron chi connectivity index (χ1n) is 6.44. The first-order chi connectivity index (χ1) is 7.86. The second-order valence-corrected chi connectivity index (χ2v) is 4.81. The van der Waals surface area contributed by atoms with E-state index in [-0.39, 0.29) is 0 Å². The van der Waals surface area contributed by atoms with Crippen LogP contribution in [-0.2, 0) is 6.54 Å². The Hall–Kier alpha value is -0.900. The molecule has 1 atom stereocenters. The van der Waals surface area contributed by atoms with Crippen molar-refractivity contribution in [1.82, 2.24) is 20.3 Å². The summed E-state index contributed by atoms with van der Waals surface area (Å²) in [7, 11) is 0. The first-order valence-corrected chi connectivity index (χ1v) is 6.44. The molecule has 1 N–H and O–H groups in total. The number of aromatic nitrogens is 3. The topological polar surface area (TPSA) is 42.7 Å². The van der Waals surface area contributed by atoms with Crippen LogP contribution in [0.25, 0.3) is 0 Å². The molecule has 1 saturated carbocycles. The predicted molar refractivity (Wildman–Crippen MR) is 64.1 cm³/mol. The number of nitrogens with one attached hydrogen (secondary N) is 1.